The molecule has 0 unspecified atom stereocenters. The van der Waals surface area contributed by atoms with Crippen molar-refractivity contribution in [1.29, 1.82) is 0 Å². The topological polar surface area (TPSA) is 168 Å². The lowest BCUT2D eigenvalue weighted by Gasteiger charge is -2.34. The molecule has 6 aromatic rings. The number of nitrogens with zero attached hydrogens (tertiary/aromatic N) is 7. The van der Waals surface area contributed by atoms with E-state index in [-0.39, 0.29) is 53.7 Å². The van der Waals surface area contributed by atoms with Gasteiger partial charge in [-0.3, -0.25) is 0 Å². The fourth-order valence-electron chi connectivity index (χ4n) is 9.31. The molecule has 0 N–H and O–H groups in total. The molecule has 0 atom stereocenters. The van der Waals surface area contributed by atoms with Crippen LogP contribution >= 0.6 is 11.8 Å². The van der Waals surface area contributed by atoms with Crippen molar-refractivity contribution in [3.8, 4) is 39.8 Å². The Hall–Kier alpha value is -6.63. The molecule has 2 amide bonds. The number of methoxy groups -OCH3 is 3. The number of thioether (sulfide) groups is 1. The van der Waals surface area contributed by atoms with E-state index in [1.807, 2.05) is 139 Å². The Kier molecular flexibility index (Phi) is 17.1. The zero-order valence-corrected chi connectivity index (χ0v) is 46.1. The quantitative estimate of drug-likeness (QED) is 0.0899. The highest BCUT2D eigenvalue weighted by Gasteiger charge is 2.37. The molecule has 18 heteroatoms. The largest absolute Gasteiger partial charge is 0.497 e. The van der Waals surface area contributed by atoms with Gasteiger partial charge in [-0.2, -0.15) is 4.31 Å². The van der Waals surface area contributed by atoms with E-state index in [0.717, 1.165) is 40.7 Å². The van der Waals surface area contributed by atoms with Crippen LogP contribution in [0.1, 0.15) is 95.4 Å². The molecule has 16 nitrogen and oxygen atoms in total. The second-order valence-corrected chi connectivity index (χ2v) is 24.2. The van der Waals surface area contributed by atoms with Gasteiger partial charge in [-0.25, -0.2) is 22.7 Å². The first kappa shape index (κ1) is 54.6. The molecule has 0 radical (unpaired) electrons. The Morgan fingerprint density at radius 1 is 0.627 bits per heavy atom. The summed E-state index contributed by atoms with van der Waals surface area (Å²) in [4.78, 5) is 30.2. The van der Waals surface area contributed by atoms with Crippen LogP contribution in [0.15, 0.2) is 119 Å². The Morgan fingerprint density at radius 2 is 1.09 bits per heavy atom. The van der Waals surface area contributed by atoms with Gasteiger partial charge < -0.3 is 33.5 Å². The molecule has 2 saturated heterocycles. The summed E-state index contributed by atoms with van der Waals surface area (Å²) < 4.78 is 63.9. The summed E-state index contributed by atoms with van der Waals surface area (Å²) in [5, 5.41) is 13.4. The van der Waals surface area contributed by atoms with Crippen LogP contribution in [0.5, 0.6) is 17.2 Å². The highest BCUT2D eigenvalue weighted by molar-refractivity contribution is 8.00. The molecular formula is C57H69N7O9S2. The summed E-state index contributed by atoms with van der Waals surface area (Å²) in [5.74, 6) is 2.47. The second kappa shape index (κ2) is 23.5. The Bertz CT molecular complexity index is 2950. The molecule has 0 spiro atoms. The standard InChI is InChI=1S/C57H69N7O9S2/c1-56(2,3)72-54(65)61-32-28-43(29-33-61)42-16-18-44(19-17-42)49-26-27-50(74-48-30-34-62(35-31-48)55(66)73-57(4,5)6)52(51(49)53-58-59-60-64(53)38-41-14-24-47(71-9)25-15-41)75(67,68)63(36-39-10-20-45(69-7)21-11-39)37-40-12-22-46(70-8)23-13-40/h10-27,43,48H,28-38H2,1-9H3. The van der Waals surface area contributed by atoms with Crippen LogP contribution in [-0.4, -0.2) is 119 Å². The number of hydrogen-bond donors (Lipinski definition) is 0. The predicted octanol–water partition coefficient (Wildman–Crippen LogP) is 11.1. The number of carbonyl (C=O) groups excluding carboxylic acids is 2. The van der Waals surface area contributed by atoms with E-state index in [1.165, 1.54) is 16.1 Å². The lowest BCUT2D eigenvalue weighted by molar-refractivity contribution is 0.0199. The number of rotatable bonds is 16. The Morgan fingerprint density at radius 3 is 1.56 bits per heavy atom. The summed E-state index contributed by atoms with van der Waals surface area (Å²) in [7, 11) is 0.311. The fourth-order valence-corrected chi connectivity index (χ4v) is 12.6. The van der Waals surface area contributed by atoms with Gasteiger partial charge in [-0.1, -0.05) is 66.7 Å². The van der Waals surface area contributed by atoms with Gasteiger partial charge in [0.15, 0.2) is 5.82 Å². The number of amides is 2. The molecular weight excluding hydrogens is 991 g/mol. The molecule has 0 aliphatic carbocycles. The van der Waals surface area contributed by atoms with E-state index in [4.69, 9.17) is 23.7 Å². The number of carbonyl (C=O) groups is 2. The summed E-state index contributed by atoms with van der Waals surface area (Å²) in [6.45, 7) is 13.5. The Labute approximate surface area is 445 Å². The van der Waals surface area contributed by atoms with E-state index in [1.54, 1.807) is 35.8 Å². The van der Waals surface area contributed by atoms with Gasteiger partial charge in [0, 0.05) is 55.0 Å². The van der Waals surface area contributed by atoms with E-state index in [2.05, 4.69) is 27.7 Å². The number of hydrogen-bond acceptors (Lipinski definition) is 13. The van der Waals surface area contributed by atoms with Crippen molar-refractivity contribution in [1.82, 2.24) is 34.3 Å². The molecule has 2 aliphatic heterocycles. The minimum absolute atomic E-state index is 0.0264. The summed E-state index contributed by atoms with van der Waals surface area (Å²) >= 11 is 1.49. The third-order valence-electron chi connectivity index (χ3n) is 13.2. The smallest absolute Gasteiger partial charge is 0.410 e. The van der Waals surface area contributed by atoms with Crippen molar-refractivity contribution in [2.45, 2.75) is 119 Å². The average molecular weight is 1060 g/mol. The minimum atomic E-state index is -4.49. The number of piperidine rings is 2. The second-order valence-electron chi connectivity index (χ2n) is 20.9. The van der Waals surface area contributed by atoms with Crippen LogP contribution in [0.25, 0.3) is 22.5 Å². The SMILES string of the molecule is COc1ccc(CN(Cc2ccc(OC)cc2)S(=O)(=O)c2c(SC3CCN(C(=O)OC(C)(C)C)CC3)ccc(-c3ccc(C4CCN(C(=O)OC(C)(C)C)CC4)cc3)c2-c2nnnn2Cc2ccc(OC)cc2)cc1. The molecule has 2 aliphatic rings. The zero-order valence-electron chi connectivity index (χ0n) is 44.4. The maximum Gasteiger partial charge on any atom is 0.410 e. The molecule has 8 rings (SSSR count). The third-order valence-corrected chi connectivity index (χ3v) is 16.6. The third kappa shape index (κ3) is 13.8. The van der Waals surface area contributed by atoms with Gasteiger partial charge in [0.2, 0.25) is 10.0 Å². The predicted molar refractivity (Wildman–Crippen MR) is 290 cm³/mol. The van der Waals surface area contributed by atoms with Crippen molar-refractivity contribution < 1.29 is 41.7 Å². The highest BCUT2D eigenvalue weighted by atomic mass is 32.2. The van der Waals surface area contributed by atoms with Crippen molar-refractivity contribution in [3.63, 3.8) is 0 Å². The Balaban J connectivity index is 1.26. The van der Waals surface area contributed by atoms with Crippen molar-refractivity contribution in [2.75, 3.05) is 47.5 Å². The van der Waals surface area contributed by atoms with Gasteiger partial charge in [0.25, 0.3) is 0 Å². The van der Waals surface area contributed by atoms with Crippen LogP contribution < -0.4 is 14.2 Å². The molecule has 1 aromatic heterocycles. The van der Waals surface area contributed by atoms with Crippen LogP contribution in [0.4, 0.5) is 9.59 Å². The zero-order chi connectivity index (χ0) is 53.5. The van der Waals surface area contributed by atoms with E-state index >= 15 is 8.42 Å². The molecule has 5 aromatic carbocycles. The molecule has 3 heterocycles. The lowest BCUT2D eigenvalue weighted by atomic mass is 9.88. The summed E-state index contributed by atoms with van der Waals surface area (Å²) in [6.07, 6.45) is 2.09. The number of ether oxygens (including phenoxy) is 5. The molecule has 2 fully saturated rings. The maximum atomic E-state index is 16.4. The van der Waals surface area contributed by atoms with Gasteiger partial charge >= 0.3 is 12.2 Å². The van der Waals surface area contributed by atoms with Gasteiger partial charge in [-0.05, 0) is 159 Å². The maximum absolute atomic E-state index is 16.4. The van der Waals surface area contributed by atoms with E-state index < -0.39 is 21.2 Å². The van der Waals surface area contributed by atoms with Crippen LogP contribution in [-0.2, 0) is 39.1 Å². The van der Waals surface area contributed by atoms with E-state index in [9.17, 15) is 9.59 Å². The van der Waals surface area contributed by atoms with Crippen LogP contribution in [0.2, 0.25) is 0 Å². The lowest BCUT2D eigenvalue weighted by Crippen LogP contribution is -2.42. The first-order chi connectivity index (χ1) is 35.8. The highest BCUT2D eigenvalue weighted by Crippen LogP contribution is 2.46. The number of tetrazole rings is 1. The number of benzene rings is 5. The van der Waals surface area contributed by atoms with Gasteiger partial charge in [0.05, 0.1) is 27.9 Å². The monoisotopic (exact) mass is 1060 g/mol. The fraction of sp³-hybridized carbons (Fsp3) is 0.421. The average Bonchev–Trinajstić information content (AvgIpc) is 3.87. The first-order valence-corrected chi connectivity index (χ1v) is 27.7. The minimum Gasteiger partial charge on any atom is -0.497 e. The summed E-state index contributed by atoms with van der Waals surface area (Å²) in [5.41, 5.74) is 4.05. The van der Waals surface area contributed by atoms with Crippen molar-refractivity contribution in [2.24, 2.45) is 0 Å². The van der Waals surface area contributed by atoms with Crippen LogP contribution in [0, 0.1) is 0 Å². The van der Waals surface area contributed by atoms with Crippen molar-refractivity contribution in [3.05, 3.63) is 131 Å². The number of aromatic nitrogens is 4. The molecule has 0 saturated carbocycles. The number of likely N-dealkylation sites (tertiary alicyclic amines) is 2. The van der Waals surface area contributed by atoms with Crippen LogP contribution in [0.3, 0.4) is 0 Å². The van der Waals surface area contributed by atoms with Gasteiger partial charge in [0.1, 0.15) is 33.3 Å². The number of sulfonamides is 1. The van der Waals surface area contributed by atoms with Gasteiger partial charge in [-0.15, -0.1) is 16.9 Å². The molecule has 75 heavy (non-hydrogen) atoms. The molecule has 398 valence electrons. The van der Waals surface area contributed by atoms with Crippen molar-refractivity contribution >= 4 is 34.0 Å². The van der Waals surface area contributed by atoms with E-state index in [0.29, 0.717) is 72.3 Å². The normalized spacial score (nSPS) is 15.0. The molecule has 0 bridgehead atoms. The first-order valence-electron chi connectivity index (χ1n) is 25.4. The summed E-state index contributed by atoms with van der Waals surface area (Å²) in [6, 6.07) is 34.6.